The van der Waals surface area contributed by atoms with Crippen LogP contribution < -0.4 is 16.9 Å². The molecular weight excluding hydrogens is 572 g/mol. The van der Waals surface area contributed by atoms with Crippen LogP contribution in [0.25, 0.3) is 11.3 Å². The van der Waals surface area contributed by atoms with Gasteiger partial charge in [-0.15, -0.1) is 0 Å². The number of rotatable bonds is 7. The molecule has 1 aromatic heterocycles. The number of imidazole rings is 1. The zero-order chi connectivity index (χ0) is 30.2. The van der Waals surface area contributed by atoms with Crippen molar-refractivity contribution in [3.05, 3.63) is 83.1 Å². The van der Waals surface area contributed by atoms with Crippen molar-refractivity contribution >= 4 is 29.6 Å². The van der Waals surface area contributed by atoms with Crippen LogP contribution in [0.15, 0.2) is 77.3 Å². The minimum Gasteiger partial charge on any atom is -0.453 e. The van der Waals surface area contributed by atoms with E-state index in [4.69, 9.17) is 23.2 Å². The van der Waals surface area contributed by atoms with Gasteiger partial charge in [0.2, 0.25) is 12.3 Å². The van der Waals surface area contributed by atoms with E-state index in [1.807, 2.05) is 6.08 Å². The van der Waals surface area contributed by atoms with Crippen molar-refractivity contribution in [2.24, 2.45) is 23.4 Å². The molecule has 0 bridgehead atoms. The number of anilines is 1. The Labute approximate surface area is 245 Å². The number of alkyl halides is 2. The van der Waals surface area contributed by atoms with Gasteiger partial charge in [0.1, 0.15) is 5.82 Å². The number of hydrogen-bond donors (Lipinski definition) is 6. The number of amides is 1. The topological polar surface area (TPSA) is 166 Å². The first-order valence-corrected chi connectivity index (χ1v) is 13.5. The van der Waals surface area contributed by atoms with Crippen LogP contribution in [0.1, 0.15) is 18.7 Å². The van der Waals surface area contributed by atoms with Crippen LogP contribution in [0.3, 0.4) is 0 Å². The molecule has 5 rings (SSSR count). The number of carbonyl (C=O) groups is 1. The first-order valence-electron chi connectivity index (χ1n) is 13.1. The second-order valence-corrected chi connectivity index (χ2v) is 10.8. The fraction of sp³-hybridized carbons (Fsp3) is 0.321. The van der Waals surface area contributed by atoms with Gasteiger partial charge in [0, 0.05) is 34.3 Å². The van der Waals surface area contributed by atoms with E-state index in [9.17, 15) is 23.9 Å². The molecule has 1 aromatic carbocycles. The number of H-pyrrole nitrogens is 1. The number of aromatic amines is 1. The number of carbonyl (C=O) groups excluding carboxylic acids is 1. The Balaban J connectivity index is 1.37. The lowest BCUT2D eigenvalue weighted by molar-refractivity contribution is -0.808. The van der Waals surface area contributed by atoms with E-state index >= 15 is 0 Å². The van der Waals surface area contributed by atoms with Crippen molar-refractivity contribution in [2.45, 2.75) is 37.0 Å². The summed E-state index contributed by atoms with van der Waals surface area (Å²) in [6.45, 7) is 0. The number of nitrogens with two attached hydrogens (primary N) is 2. The first-order chi connectivity index (χ1) is 20.0. The van der Waals surface area contributed by atoms with Gasteiger partial charge < -0.3 is 25.6 Å². The number of allylic oxidation sites excluding steroid dienone is 3. The summed E-state index contributed by atoms with van der Waals surface area (Å²) in [5.74, 6) is 5.63. The summed E-state index contributed by atoms with van der Waals surface area (Å²) in [5.41, 5.74) is 5.85. The number of benzene rings is 1. The van der Waals surface area contributed by atoms with E-state index in [1.165, 1.54) is 13.3 Å². The van der Waals surface area contributed by atoms with E-state index in [0.717, 1.165) is 21.5 Å². The van der Waals surface area contributed by atoms with E-state index in [0.29, 0.717) is 40.7 Å². The standard InChI is InChI=1S/C28H30ClF2N7O4/c1-42-27(39)35-19-5-2-15(3-6-19)22-12-34-26(36-22)28(40)9-8-16-10-17(13-38(41)24(16)28)20-11-18(29)4-7-23(20)37(33)14-21(32)25(30)31/h2-7,10-14,16,20,23-25,40H,8-9,32-33H2,1H3,(H2-,34,35,36,39,41)/p+1. The molecular formula is C28H31ClF2N7O4+. The van der Waals surface area contributed by atoms with Gasteiger partial charge in [0.15, 0.2) is 5.60 Å². The molecule has 2 aliphatic carbocycles. The molecule has 5 atom stereocenters. The number of ether oxygens (including phenoxy) is 1. The van der Waals surface area contributed by atoms with Crippen molar-refractivity contribution in [1.29, 1.82) is 0 Å². The van der Waals surface area contributed by atoms with Crippen LogP contribution in [-0.4, -0.2) is 68.0 Å². The van der Waals surface area contributed by atoms with Crippen molar-refractivity contribution in [1.82, 2.24) is 15.0 Å². The second kappa shape index (κ2) is 11.6. The van der Waals surface area contributed by atoms with Crippen LogP contribution in [-0.2, 0) is 10.3 Å². The lowest BCUT2D eigenvalue weighted by Gasteiger charge is -2.34. The van der Waals surface area contributed by atoms with E-state index in [-0.39, 0.29) is 5.92 Å². The van der Waals surface area contributed by atoms with Crippen LogP contribution in [0.4, 0.5) is 19.3 Å². The largest absolute Gasteiger partial charge is 0.453 e. The van der Waals surface area contributed by atoms with Gasteiger partial charge in [0.05, 0.1) is 30.7 Å². The molecule has 2 aromatic rings. The molecule has 14 heteroatoms. The summed E-state index contributed by atoms with van der Waals surface area (Å²) in [6, 6.07) is 5.62. The van der Waals surface area contributed by atoms with Gasteiger partial charge in [-0.2, -0.15) is 0 Å². The zero-order valence-electron chi connectivity index (χ0n) is 22.5. The maximum Gasteiger partial charge on any atom is 0.411 e. The first kappa shape index (κ1) is 29.3. The molecule has 1 aliphatic heterocycles. The van der Waals surface area contributed by atoms with E-state index in [2.05, 4.69) is 20.0 Å². The highest BCUT2D eigenvalue weighted by Gasteiger charge is 2.59. The minimum atomic E-state index is -2.86. The summed E-state index contributed by atoms with van der Waals surface area (Å²) in [7, 11) is 1.28. The lowest BCUT2D eigenvalue weighted by Crippen LogP contribution is -2.48. The second-order valence-electron chi connectivity index (χ2n) is 10.4. The number of hydroxylamine groups is 1. The molecule has 222 valence electrons. The number of aliphatic hydroxyl groups is 1. The number of methoxy groups -OCH3 is 1. The Morgan fingerprint density at radius 3 is 2.79 bits per heavy atom. The Morgan fingerprint density at radius 2 is 2.10 bits per heavy atom. The molecule has 5 unspecified atom stereocenters. The number of hydrazine groups is 1. The highest BCUT2D eigenvalue weighted by molar-refractivity contribution is 6.31. The van der Waals surface area contributed by atoms with Gasteiger partial charge in [-0.05, 0) is 41.4 Å². The van der Waals surface area contributed by atoms with Gasteiger partial charge in [0.25, 0.3) is 6.43 Å². The maximum atomic E-state index is 13.0. The molecule has 8 N–H and O–H groups in total. The summed E-state index contributed by atoms with van der Waals surface area (Å²) in [4.78, 5) is 19.1. The van der Waals surface area contributed by atoms with Crippen molar-refractivity contribution in [3.8, 4) is 11.3 Å². The monoisotopic (exact) mass is 602 g/mol. The van der Waals surface area contributed by atoms with Crippen LogP contribution in [0, 0.1) is 11.8 Å². The maximum absolute atomic E-state index is 13.0. The molecule has 11 nitrogen and oxygen atoms in total. The predicted molar refractivity (Wildman–Crippen MR) is 151 cm³/mol. The lowest BCUT2D eigenvalue weighted by atomic mass is 9.82. The summed E-state index contributed by atoms with van der Waals surface area (Å²) in [6.07, 6.45) is 8.43. The van der Waals surface area contributed by atoms with Crippen LogP contribution in [0.5, 0.6) is 0 Å². The third kappa shape index (κ3) is 5.62. The van der Waals surface area contributed by atoms with E-state index in [1.54, 1.807) is 48.7 Å². The molecule has 3 aliphatic rings. The Hall–Kier alpha value is -4.20. The molecule has 1 saturated carbocycles. The van der Waals surface area contributed by atoms with Gasteiger partial charge >= 0.3 is 6.09 Å². The molecule has 1 amide bonds. The van der Waals surface area contributed by atoms with Crippen LogP contribution in [0.2, 0.25) is 0 Å². The fourth-order valence-corrected chi connectivity index (χ4v) is 5.94. The molecule has 1 fully saturated rings. The van der Waals surface area contributed by atoms with Crippen molar-refractivity contribution in [3.63, 3.8) is 0 Å². The number of fused-ring (bicyclic) bond motifs is 1. The van der Waals surface area contributed by atoms with Crippen molar-refractivity contribution in [2.75, 3.05) is 12.4 Å². The highest BCUT2D eigenvalue weighted by Crippen LogP contribution is 2.46. The third-order valence-corrected chi connectivity index (χ3v) is 8.03. The quantitative estimate of drug-likeness (QED) is 0.121. The summed E-state index contributed by atoms with van der Waals surface area (Å²) in [5, 5.41) is 27.1. The SMILES string of the molecule is COC(=O)Nc1ccc(-c2cnc(C3(O)CCC4C=C(C5C=C(Cl)C=CC5N(N)C=C(N)C(F)F)C=[N+](O)C43)[nH]2)cc1. The molecule has 0 saturated heterocycles. The fourth-order valence-electron chi connectivity index (χ4n) is 5.73. The van der Waals surface area contributed by atoms with E-state index < -0.39 is 41.8 Å². The number of nitrogens with one attached hydrogen (secondary N) is 2. The number of nitrogens with zero attached hydrogens (tertiary/aromatic N) is 3. The Morgan fingerprint density at radius 1 is 1.36 bits per heavy atom. The normalized spacial score (nSPS) is 27.2. The molecule has 2 heterocycles. The zero-order valence-corrected chi connectivity index (χ0v) is 23.2. The molecule has 0 radical (unpaired) electrons. The van der Waals surface area contributed by atoms with Crippen molar-refractivity contribution < 1.29 is 33.4 Å². The minimum absolute atomic E-state index is 0.274. The number of hydrogen-bond acceptors (Lipinski definition) is 8. The van der Waals surface area contributed by atoms with Gasteiger partial charge in [-0.1, -0.05) is 42.0 Å². The van der Waals surface area contributed by atoms with Gasteiger partial charge in [-0.3, -0.25) is 10.5 Å². The smallest absolute Gasteiger partial charge is 0.411 e. The highest BCUT2D eigenvalue weighted by atomic mass is 35.5. The number of aromatic nitrogens is 2. The summed E-state index contributed by atoms with van der Waals surface area (Å²) >= 11 is 6.28. The van der Waals surface area contributed by atoms with Crippen LogP contribution >= 0.6 is 11.6 Å². The molecule has 42 heavy (non-hydrogen) atoms. The third-order valence-electron chi connectivity index (χ3n) is 7.78. The number of halogens is 3. The average molecular weight is 603 g/mol. The Bertz CT molecular complexity index is 1500. The summed E-state index contributed by atoms with van der Waals surface area (Å²) < 4.78 is 31.6. The Kier molecular flexibility index (Phi) is 8.08. The van der Waals surface area contributed by atoms with Gasteiger partial charge in [-0.25, -0.2) is 24.4 Å². The molecule has 0 spiro atoms. The predicted octanol–water partition coefficient (Wildman–Crippen LogP) is 3.55. The average Bonchev–Trinajstić information content (AvgIpc) is 3.59.